The number of guanidine groups is 1. The number of halogens is 1. The zero-order valence-electron chi connectivity index (χ0n) is 16.3. The lowest BCUT2D eigenvalue weighted by Gasteiger charge is -2.13. The zero-order valence-corrected chi connectivity index (χ0v) is 18.6. The van der Waals surface area contributed by atoms with E-state index in [9.17, 15) is 0 Å². The van der Waals surface area contributed by atoms with Crippen LogP contribution in [0.1, 0.15) is 11.3 Å². The molecule has 0 bridgehead atoms. The maximum atomic E-state index is 5.69. The summed E-state index contributed by atoms with van der Waals surface area (Å²) < 4.78 is 11.1. The molecule has 3 rings (SSSR count). The Kier molecular flexibility index (Phi) is 9.23. The minimum absolute atomic E-state index is 0. The predicted octanol–water partition coefficient (Wildman–Crippen LogP) is 4.39. The van der Waals surface area contributed by atoms with Crippen molar-refractivity contribution in [3.8, 4) is 17.1 Å². The number of nitrogens with one attached hydrogen (secondary N) is 2. The Morgan fingerprint density at radius 3 is 2.59 bits per heavy atom. The van der Waals surface area contributed by atoms with Crippen molar-refractivity contribution in [2.24, 2.45) is 4.99 Å². The van der Waals surface area contributed by atoms with Crippen LogP contribution >= 0.6 is 24.0 Å². The first-order valence-electron chi connectivity index (χ1n) is 9.07. The summed E-state index contributed by atoms with van der Waals surface area (Å²) in [6.45, 7) is 5.24. The Bertz CT molecular complexity index is 925. The first kappa shape index (κ1) is 22.5. The van der Waals surface area contributed by atoms with Crippen LogP contribution in [0.5, 0.6) is 5.75 Å². The van der Waals surface area contributed by atoms with E-state index in [0.717, 1.165) is 28.3 Å². The van der Waals surface area contributed by atoms with Crippen LogP contribution in [-0.4, -0.2) is 24.8 Å². The number of nitrogens with zero attached hydrogens (tertiary/aromatic N) is 2. The summed E-state index contributed by atoms with van der Waals surface area (Å²) in [6.07, 6.45) is 1.73. The van der Waals surface area contributed by atoms with Gasteiger partial charge < -0.3 is 19.9 Å². The van der Waals surface area contributed by atoms with Crippen LogP contribution in [0.2, 0.25) is 0 Å². The van der Waals surface area contributed by atoms with Gasteiger partial charge in [0.1, 0.15) is 18.1 Å². The molecule has 0 radical (unpaired) electrons. The Morgan fingerprint density at radius 1 is 1.10 bits per heavy atom. The third kappa shape index (κ3) is 6.63. The van der Waals surface area contributed by atoms with Crippen molar-refractivity contribution in [1.29, 1.82) is 0 Å². The van der Waals surface area contributed by atoms with Crippen LogP contribution < -0.4 is 15.4 Å². The lowest BCUT2D eigenvalue weighted by molar-refractivity contribution is 0.358. The van der Waals surface area contributed by atoms with Crippen LogP contribution in [0.4, 0.5) is 0 Å². The molecule has 3 aromatic rings. The van der Waals surface area contributed by atoms with Crippen molar-refractivity contribution in [2.75, 3.05) is 13.7 Å². The average molecular weight is 504 g/mol. The van der Waals surface area contributed by atoms with Gasteiger partial charge in [-0.3, -0.25) is 4.99 Å². The Hall–Kier alpha value is -2.81. The predicted molar refractivity (Wildman–Crippen MR) is 127 cm³/mol. The highest BCUT2D eigenvalue weighted by Crippen LogP contribution is 2.20. The average Bonchev–Trinajstić information content (AvgIpc) is 3.23. The van der Waals surface area contributed by atoms with Crippen molar-refractivity contribution < 1.29 is 9.26 Å². The maximum Gasteiger partial charge on any atom is 0.191 e. The highest BCUT2D eigenvalue weighted by atomic mass is 127. The molecule has 0 amide bonds. The number of aromatic nitrogens is 1. The molecule has 2 aromatic carbocycles. The zero-order chi connectivity index (χ0) is 19.6. The lowest BCUT2D eigenvalue weighted by Crippen LogP contribution is -2.36. The van der Waals surface area contributed by atoms with E-state index in [2.05, 4.69) is 27.4 Å². The summed E-state index contributed by atoms with van der Waals surface area (Å²) in [5.41, 5.74) is 2.84. The number of hydrogen-bond acceptors (Lipinski definition) is 4. The molecule has 6 nitrogen and oxygen atoms in total. The van der Waals surface area contributed by atoms with Crippen LogP contribution in [0.15, 0.2) is 82.8 Å². The quantitative estimate of drug-likeness (QED) is 0.206. The van der Waals surface area contributed by atoms with Crippen molar-refractivity contribution >= 4 is 29.9 Å². The first-order valence-corrected chi connectivity index (χ1v) is 9.07. The molecular weight excluding hydrogens is 479 g/mol. The van der Waals surface area contributed by atoms with E-state index in [4.69, 9.17) is 9.26 Å². The third-order valence-corrected chi connectivity index (χ3v) is 4.05. The smallest absolute Gasteiger partial charge is 0.191 e. The molecule has 0 saturated carbocycles. The molecule has 152 valence electrons. The summed E-state index contributed by atoms with van der Waals surface area (Å²) in [5.74, 6) is 2.24. The fraction of sp³-hybridized carbons (Fsp3) is 0.182. The van der Waals surface area contributed by atoms with Crippen molar-refractivity contribution in [3.63, 3.8) is 0 Å². The highest BCUT2D eigenvalue weighted by molar-refractivity contribution is 14.0. The number of ether oxygens (including phenoxy) is 1. The second-order valence-electron chi connectivity index (χ2n) is 6.04. The fourth-order valence-electron chi connectivity index (χ4n) is 2.65. The molecule has 0 unspecified atom stereocenters. The molecule has 0 aliphatic rings. The summed E-state index contributed by atoms with van der Waals surface area (Å²) in [7, 11) is 1.73. The van der Waals surface area contributed by atoms with Gasteiger partial charge in [0.25, 0.3) is 0 Å². The van der Waals surface area contributed by atoms with Gasteiger partial charge in [-0.25, -0.2) is 0 Å². The molecule has 0 spiro atoms. The monoisotopic (exact) mass is 504 g/mol. The van der Waals surface area contributed by atoms with Crippen molar-refractivity contribution in [3.05, 3.63) is 84.6 Å². The van der Waals surface area contributed by atoms with E-state index in [1.165, 1.54) is 0 Å². The summed E-state index contributed by atoms with van der Waals surface area (Å²) in [5, 5.41) is 10.6. The first-order chi connectivity index (χ1) is 13.8. The summed E-state index contributed by atoms with van der Waals surface area (Å²) >= 11 is 0. The van der Waals surface area contributed by atoms with Gasteiger partial charge in [-0.05, 0) is 6.07 Å². The molecule has 0 saturated heterocycles. The van der Waals surface area contributed by atoms with E-state index in [1.807, 2.05) is 60.7 Å². The van der Waals surface area contributed by atoms with Gasteiger partial charge in [0, 0.05) is 30.8 Å². The number of rotatable bonds is 8. The Balaban J connectivity index is 0.00000300. The topological polar surface area (TPSA) is 71.7 Å². The molecule has 1 aromatic heterocycles. The number of para-hydroxylation sites is 1. The standard InChI is InChI=1S/C22H24N4O2.HI/c1-3-13-27-20-12-8-7-11-18(20)15-24-22(23-2)25-16-19-14-21(28-26-19)17-9-5-4-6-10-17;/h3-12,14H,1,13,15-16H2,2H3,(H2,23,24,25);1H. The number of aliphatic imine (C=N–C) groups is 1. The third-order valence-electron chi connectivity index (χ3n) is 4.05. The molecule has 0 atom stereocenters. The van der Waals surface area contributed by atoms with Crippen LogP contribution in [-0.2, 0) is 13.1 Å². The van der Waals surface area contributed by atoms with E-state index in [-0.39, 0.29) is 24.0 Å². The van der Waals surface area contributed by atoms with E-state index >= 15 is 0 Å². The Labute approximate surface area is 188 Å². The minimum atomic E-state index is 0. The van der Waals surface area contributed by atoms with Crippen LogP contribution in [0.25, 0.3) is 11.3 Å². The molecule has 0 aliphatic carbocycles. The number of hydrogen-bond donors (Lipinski definition) is 2. The summed E-state index contributed by atoms with van der Waals surface area (Å²) in [6, 6.07) is 19.7. The highest BCUT2D eigenvalue weighted by Gasteiger charge is 2.08. The maximum absolute atomic E-state index is 5.69. The number of benzene rings is 2. The lowest BCUT2D eigenvalue weighted by atomic mass is 10.2. The van der Waals surface area contributed by atoms with Gasteiger partial charge in [0.15, 0.2) is 11.7 Å². The second-order valence-corrected chi connectivity index (χ2v) is 6.04. The van der Waals surface area contributed by atoms with Gasteiger partial charge in [0.2, 0.25) is 0 Å². The van der Waals surface area contributed by atoms with E-state index in [1.54, 1.807) is 13.1 Å². The van der Waals surface area contributed by atoms with E-state index in [0.29, 0.717) is 25.7 Å². The normalized spacial score (nSPS) is 10.7. The fourth-order valence-corrected chi connectivity index (χ4v) is 2.65. The molecule has 7 heteroatoms. The second kappa shape index (κ2) is 11.9. The molecule has 2 N–H and O–H groups in total. The van der Waals surface area contributed by atoms with Crippen LogP contribution in [0.3, 0.4) is 0 Å². The van der Waals surface area contributed by atoms with Crippen molar-refractivity contribution in [2.45, 2.75) is 13.1 Å². The van der Waals surface area contributed by atoms with Gasteiger partial charge in [-0.15, -0.1) is 24.0 Å². The van der Waals surface area contributed by atoms with Crippen LogP contribution in [0, 0.1) is 0 Å². The largest absolute Gasteiger partial charge is 0.489 e. The summed E-state index contributed by atoms with van der Waals surface area (Å²) in [4.78, 5) is 4.25. The molecule has 29 heavy (non-hydrogen) atoms. The van der Waals surface area contributed by atoms with E-state index < -0.39 is 0 Å². The molecule has 0 fully saturated rings. The van der Waals surface area contributed by atoms with Crippen molar-refractivity contribution in [1.82, 2.24) is 15.8 Å². The van der Waals surface area contributed by atoms with Gasteiger partial charge >= 0.3 is 0 Å². The van der Waals surface area contributed by atoms with Gasteiger partial charge in [0.05, 0.1) is 6.54 Å². The SMILES string of the molecule is C=CCOc1ccccc1CNC(=NC)NCc1cc(-c2ccccc2)on1.I. The molecule has 0 aliphatic heterocycles. The Morgan fingerprint density at radius 2 is 1.83 bits per heavy atom. The molecule has 1 heterocycles. The minimum Gasteiger partial charge on any atom is -0.489 e. The van der Waals surface area contributed by atoms with Gasteiger partial charge in [-0.2, -0.15) is 0 Å². The van der Waals surface area contributed by atoms with Gasteiger partial charge in [-0.1, -0.05) is 66.3 Å². The molecular formula is C22H25IN4O2.